The average Bonchev–Trinajstić information content (AvgIpc) is 3.09. The van der Waals surface area contributed by atoms with Gasteiger partial charge >= 0.3 is 0 Å². The van der Waals surface area contributed by atoms with Crippen LogP contribution >= 0.6 is 31.9 Å². The first-order chi connectivity index (χ1) is 16.5. The molecule has 0 amide bonds. The molecular weight excluding hydrogens is 560 g/mol. The summed E-state index contributed by atoms with van der Waals surface area (Å²) < 4.78 is 13.1. The Morgan fingerprint density at radius 1 is 0.529 bits per heavy atom. The molecule has 0 fully saturated rings. The van der Waals surface area contributed by atoms with Gasteiger partial charge in [0, 0.05) is 31.2 Å². The van der Waals surface area contributed by atoms with Crippen molar-refractivity contribution in [2.24, 2.45) is 0 Å². The maximum atomic E-state index is 12.4. The fourth-order valence-corrected chi connectivity index (χ4v) is 4.67. The number of fused-ring (bicyclic) bond motifs is 4. The smallest absolute Gasteiger partial charge is 0.197 e. The molecule has 0 saturated heterocycles. The van der Waals surface area contributed by atoms with E-state index in [1.165, 1.54) is 0 Å². The number of halogens is 2. The summed E-state index contributed by atoms with van der Waals surface area (Å²) in [5.74, 6) is 1.34. The number of hydrogen-bond acceptors (Lipinski definition) is 4. The molecule has 0 aliphatic carbocycles. The average molecular weight is 578 g/mol. The highest BCUT2D eigenvalue weighted by Gasteiger charge is 2.23. The maximum absolute atomic E-state index is 12.4. The lowest BCUT2D eigenvalue weighted by atomic mass is 9.99. The molecule has 4 aromatic rings. The summed E-state index contributed by atoms with van der Waals surface area (Å²) in [6.45, 7) is 0.882. The van der Waals surface area contributed by atoms with Gasteiger partial charge in [-0.1, -0.05) is 80.4 Å². The number of rotatable bonds is 0. The number of benzene rings is 4. The van der Waals surface area contributed by atoms with E-state index in [-0.39, 0.29) is 11.6 Å². The Labute approximate surface area is 213 Å². The van der Waals surface area contributed by atoms with Crippen LogP contribution in [0.25, 0.3) is 0 Å². The summed E-state index contributed by atoms with van der Waals surface area (Å²) in [7, 11) is 0. The van der Waals surface area contributed by atoms with E-state index in [4.69, 9.17) is 9.47 Å². The Morgan fingerprint density at radius 2 is 0.941 bits per heavy atom. The molecule has 168 valence electrons. The van der Waals surface area contributed by atoms with Crippen LogP contribution in [-0.4, -0.2) is 11.6 Å². The van der Waals surface area contributed by atoms with Crippen LogP contribution < -0.4 is 9.47 Å². The Hall–Kier alpha value is -3.22. The number of carbonyl (C=O) groups is 2. The number of ether oxygens (including phenoxy) is 2. The molecule has 0 bridgehead atoms. The molecule has 2 aliphatic rings. The van der Waals surface area contributed by atoms with Crippen LogP contribution in [0.4, 0.5) is 0 Å². The highest BCUT2D eigenvalue weighted by atomic mass is 79.9. The van der Waals surface area contributed by atoms with E-state index in [1.54, 1.807) is 12.1 Å². The second kappa shape index (κ2) is 9.57. The first-order valence-electron chi connectivity index (χ1n) is 10.6. The number of ketones is 2. The summed E-state index contributed by atoms with van der Waals surface area (Å²) in [6, 6.07) is 26.1. The zero-order chi connectivity index (χ0) is 23.7. The second-order valence-electron chi connectivity index (χ2n) is 7.83. The first kappa shape index (κ1) is 22.6. The zero-order valence-corrected chi connectivity index (χ0v) is 21.1. The predicted molar refractivity (Wildman–Crippen MR) is 137 cm³/mol. The van der Waals surface area contributed by atoms with E-state index in [2.05, 4.69) is 31.9 Å². The number of carbonyl (C=O) groups excluding carboxylic acids is 2. The van der Waals surface area contributed by atoms with Crippen LogP contribution in [0.5, 0.6) is 11.5 Å². The summed E-state index contributed by atoms with van der Waals surface area (Å²) in [6.07, 6.45) is 0. The fraction of sp³-hybridized carbons (Fsp3) is 0.0714. The van der Waals surface area contributed by atoms with Gasteiger partial charge in [-0.15, -0.1) is 0 Å². The standard InChI is InChI=1S/2C14H9BrO2/c2*15-10-5-6-13-12(7-10)14(16)11-4-2-1-3-9(11)8-17-13/h2*1-7H,8H2. The summed E-state index contributed by atoms with van der Waals surface area (Å²) in [4.78, 5) is 24.8. The van der Waals surface area contributed by atoms with Crippen LogP contribution in [0.3, 0.4) is 0 Å². The van der Waals surface area contributed by atoms with Gasteiger partial charge in [-0.25, -0.2) is 0 Å². The van der Waals surface area contributed by atoms with Crippen molar-refractivity contribution in [1.29, 1.82) is 0 Å². The van der Waals surface area contributed by atoms with Crippen molar-refractivity contribution < 1.29 is 19.1 Å². The summed E-state index contributed by atoms with van der Waals surface area (Å²) in [5, 5.41) is 0. The molecule has 0 N–H and O–H groups in total. The molecule has 34 heavy (non-hydrogen) atoms. The van der Waals surface area contributed by atoms with E-state index in [0.29, 0.717) is 35.8 Å². The molecule has 0 atom stereocenters. The van der Waals surface area contributed by atoms with Crippen molar-refractivity contribution >= 4 is 43.4 Å². The molecule has 6 heteroatoms. The second-order valence-corrected chi connectivity index (χ2v) is 9.66. The molecule has 0 aromatic heterocycles. The predicted octanol–water partition coefficient (Wildman–Crippen LogP) is 7.15. The molecule has 0 unspecified atom stereocenters. The Kier molecular flexibility index (Phi) is 6.35. The molecule has 6 rings (SSSR count). The third-order valence-electron chi connectivity index (χ3n) is 5.66. The van der Waals surface area contributed by atoms with Crippen molar-refractivity contribution in [3.05, 3.63) is 127 Å². The van der Waals surface area contributed by atoms with Gasteiger partial charge in [-0.3, -0.25) is 9.59 Å². The Bertz CT molecular complexity index is 1320. The van der Waals surface area contributed by atoms with Crippen LogP contribution in [0.1, 0.15) is 43.0 Å². The molecule has 0 spiro atoms. The first-order valence-corrected chi connectivity index (χ1v) is 12.2. The molecular formula is C28H18Br2O4. The van der Waals surface area contributed by atoms with Gasteiger partial charge in [0.1, 0.15) is 24.7 Å². The third-order valence-corrected chi connectivity index (χ3v) is 6.65. The van der Waals surface area contributed by atoms with Crippen LogP contribution in [0, 0.1) is 0 Å². The lowest BCUT2D eigenvalue weighted by molar-refractivity contribution is 0.103. The molecule has 0 radical (unpaired) electrons. The fourth-order valence-electron chi connectivity index (χ4n) is 3.95. The number of hydrogen-bond donors (Lipinski definition) is 0. The minimum atomic E-state index is 0.0226. The SMILES string of the molecule is O=C1c2ccccc2COc2ccc(Br)cc21.O=C1c2ccccc2COc2ccc(Br)cc21. The third kappa shape index (κ3) is 4.43. The highest BCUT2D eigenvalue weighted by Crippen LogP contribution is 2.31. The van der Waals surface area contributed by atoms with E-state index in [1.807, 2.05) is 72.8 Å². The molecule has 0 saturated carbocycles. The van der Waals surface area contributed by atoms with Gasteiger partial charge < -0.3 is 9.47 Å². The van der Waals surface area contributed by atoms with Gasteiger partial charge in [0.05, 0.1) is 11.1 Å². The van der Waals surface area contributed by atoms with E-state index >= 15 is 0 Å². The molecule has 4 aromatic carbocycles. The lowest BCUT2D eigenvalue weighted by Crippen LogP contribution is -2.02. The van der Waals surface area contributed by atoms with Gasteiger partial charge in [0.15, 0.2) is 11.6 Å². The minimum absolute atomic E-state index is 0.0226. The van der Waals surface area contributed by atoms with E-state index < -0.39 is 0 Å². The zero-order valence-electron chi connectivity index (χ0n) is 17.9. The van der Waals surface area contributed by atoms with Crippen molar-refractivity contribution in [1.82, 2.24) is 0 Å². The van der Waals surface area contributed by atoms with Gasteiger partial charge in [0.2, 0.25) is 0 Å². The van der Waals surface area contributed by atoms with Crippen molar-refractivity contribution in [3.63, 3.8) is 0 Å². The highest BCUT2D eigenvalue weighted by molar-refractivity contribution is 9.10. The van der Waals surface area contributed by atoms with Crippen LogP contribution in [0.2, 0.25) is 0 Å². The molecule has 4 nitrogen and oxygen atoms in total. The Balaban J connectivity index is 0.000000142. The minimum Gasteiger partial charge on any atom is -0.488 e. The topological polar surface area (TPSA) is 52.6 Å². The van der Waals surface area contributed by atoms with Crippen molar-refractivity contribution in [2.75, 3.05) is 0 Å². The largest absolute Gasteiger partial charge is 0.488 e. The summed E-state index contributed by atoms with van der Waals surface area (Å²) >= 11 is 6.75. The Morgan fingerprint density at radius 3 is 1.38 bits per heavy atom. The molecule has 2 heterocycles. The maximum Gasteiger partial charge on any atom is 0.197 e. The monoisotopic (exact) mass is 576 g/mol. The quantitative estimate of drug-likeness (QED) is 0.223. The van der Waals surface area contributed by atoms with Crippen LogP contribution in [-0.2, 0) is 13.2 Å². The van der Waals surface area contributed by atoms with Gasteiger partial charge in [-0.2, -0.15) is 0 Å². The lowest BCUT2D eigenvalue weighted by Gasteiger charge is -2.05. The van der Waals surface area contributed by atoms with E-state index in [0.717, 1.165) is 31.2 Å². The van der Waals surface area contributed by atoms with E-state index in [9.17, 15) is 9.59 Å². The van der Waals surface area contributed by atoms with Crippen LogP contribution in [0.15, 0.2) is 93.9 Å². The van der Waals surface area contributed by atoms with Gasteiger partial charge in [0.25, 0.3) is 0 Å². The van der Waals surface area contributed by atoms with Crippen molar-refractivity contribution in [3.8, 4) is 11.5 Å². The van der Waals surface area contributed by atoms with Crippen molar-refractivity contribution in [2.45, 2.75) is 13.2 Å². The summed E-state index contributed by atoms with van der Waals surface area (Å²) in [5.41, 5.74) is 4.55. The normalized spacial score (nSPS) is 13.4. The van der Waals surface area contributed by atoms with Gasteiger partial charge in [-0.05, 0) is 36.4 Å². The molecule has 2 aliphatic heterocycles.